The topological polar surface area (TPSA) is 111 Å². The van der Waals surface area contributed by atoms with Crippen molar-refractivity contribution in [3.63, 3.8) is 0 Å². The Morgan fingerprint density at radius 1 is 0.914 bits per heavy atom. The molecule has 2 rings (SSSR count). The first-order valence-corrected chi connectivity index (χ1v) is 11.9. The molecule has 0 bridgehead atoms. The number of carbonyl (C=O) groups is 2. The summed E-state index contributed by atoms with van der Waals surface area (Å²) in [5.74, 6) is -0.373. The Balaban J connectivity index is 1.41. The number of amides is 1. The predicted octanol–water partition coefficient (Wildman–Crippen LogP) is 2.86. The molecule has 0 aliphatic carbocycles. The summed E-state index contributed by atoms with van der Waals surface area (Å²) in [6.07, 6.45) is -0.939. The predicted molar refractivity (Wildman–Crippen MR) is 127 cm³/mol. The Morgan fingerprint density at radius 2 is 1.46 bits per heavy atom. The number of ether oxygens (including phenoxy) is 7. The summed E-state index contributed by atoms with van der Waals surface area (Å²) in [6.45, 7) is 10.4. The maximum absolute atomic E-state index is 12.4. The molecule has 0 radical (unpaired) electrons. The first-order chi connectivity index (χ1) is 16.7. The van der Waals surface area contributed by atoms with E-state index in [0.717, 1.165) is 5.56 Å². The molecule has 10 nitrogen and oxygen atoms in total. The second-order valence-electron chi connectivity index (χ2n) is 9.33. The minimum absolute atomic E-state index is 0.143. The molecule has 0 aromatic heterocycles. The molecule has 0 spiro atoms. The van der Waals surface area contributed by atoms with Gasteiger partial charge in [0.15, 0.2) is 6.29 Å². The summed E-state index contributed by atoms with van der Waals surface area (Å²) < 4.78 is 38.1. The standard InChI is InChI=1S/C25H39NO9/c1-24(2,3)35-23(28)26-10-11-29-12-13-30-14-15-31-16-17-32-22(27)25(4)18-33-21(34-19-25)20-8-6-5-7-9-20/h5-9,21H,10-19H2,1-4H3,(H,26,28). The molecule has 0 saturated carbocycles. The lowest BCUT2D eigenvalue weighted by molar-refractivity contribution is -0.236. The van der Waals surface area contributed by atoms with E-state index in [0.29, 0.717) is 39.6 Å². The van der Waals surface area contributed by atoms with Gasteiger partial charge in [-0.1, -0.05) is 30.3 Å². The Kier molecular flexibility index (Phi) is 12.4. The van der Waals surface area contributed by atoms with E-state index >= 15 is 0 Å². The van der Waals surface area contributed by atoms with Crippen LogP contribution in [0.1, 0.15) is 39.5 Å². The Hall–Kier alpha value is -2.24. The van der Waals surface area contributed by atoms with Gasteiger partial charge in [-0.15, -0.1) is 0 Å². The van der Waals surface area contributed by atoms with Gasteiger partial charge in [0.2, 0.25) is 0 Å². The summed E-state index contributed by atoms with van der Waals surface area (Å²) in [5.41, 5.74) is -0.454. The number of esters is 1. The van der Waals surface area contributed by atoms with Crippen molar-refractivity contribution in [1.82, 2.24) is 5.32 Å². The van der Waals surface area contributed by atoms with Gasteiger partial charge in [0.05, 0.1) is 52.9 Å². The van der Waals surface area contributed by atoms with Crippen molar-refractivity contribution in [3.8, 4) is 0 Å². The quantitative estimate of drug-likeness (QED) is 0.306. The van der Waals surface area contributed by atoms with Crippen molar-refractivity contribution in [2.75, 3.05) is 66.0 Å². The van der Waals surface area contributed by atoms with E-state index in [1.54, 1.807) is 27.7 Å². The summed E-state index contributed by atoms with van der Waals surface area (Å²) in [5, 5.41) is 2.61. The SMILES string of the molecule is CC(C)(C)OC(=O)NCCOCCOCCOCCOC(=O)C1(C)COC(c2ccccc2)OC1. The van der Waals surface area contributed by atoms with Crippen LogP contribution in [0.25, 0.3) is 0 Å². The smallest absolute Gasteiger partial charge is 0.407 e. The monoisotopic (exact) mass is 497 g/mol. The lowest BCUT2D eigenvalue weighted by Gasteiger charge is -2.35. The van der Waals surface area contributed by atoms with Crippen LogP contribution in [0.3, 0.4) is 0 Å². The van der Waals surface area contributed by atoms with Crippen molar-refractivity contribution >= 4 is 12.1 Å². The second-order valence-corrected chi connectivity index (χ2v) is 9.33. The highest BCUT2D eigenvalue weighted by Crippen LogP contribution is 2.32. The highest BCUT2D eigenvalue weighted by Gasteiger charge is 2.41. The van der Waals surface area contributed by atoms with Gasteiger partial charge in [0.1, 0.15) is 17.6 Å². The zero-order valence-corrected chi connectivity index (χ0v) is 21.2. The molecular weight excluding hydrogens is 458 g/mol. The van der Waals surface area contributed by atoms with Crippen LogP contribution in [0.5, 0.6) is 0 Å². The molecule has 1 heterocycles. The van der Waals surface area contributed by atoms with E-state index in [2.05, 4.69) is 5.32 Å². The van der Waals surface area contributed by atoms with Crippen LogP contribution in [0, 0.1) is 5.41 Å². The fraction of sp³-hybridized carbons (Fsp3) is 0.680. The fourth-order valence-electron chi connectivity index (χ4n) is 2.98. The molecule has 1 aromatic carbocycles. The normalized spacial score (nSPS) is 20.3. The molecule has 198 valence electrons. The molecule has 0 unspecified atom stereocenters. The van der Waals surface area contributed by atoms with E-state index in [9.17, 15) is 9.59 Å². The summed E-state index contributed by atoms with van der Waals surface area (Å²) in [6, 6.07) is 9.60. The zero-order chi connectivity index (χ0) is 25.6. The van der Waals surface area contributed by atoms with Crippen molar-refractivity contribution in [3.05, 3.63) is 35.9 Å². The fourth-order valence-corrected chi connectivity index (χ4v) is 2.98. The minimum atomic E-state index is -0.850. The molecule has 1 amide bonds. The lowest BCUT2D eigenvalue weighted by Crippen LogP contribution is -2.44. The molecule has 1 aromatic rings. The van der Waals surface area contributed by atoms with Gasteiger partial charge in [-0.25, -0.2) is 4.79 Å². The number of carbonyl (C=O) groups excluding carboxylic acids is 2. The second kappa shape index (κ2) is 15.0. The van der Waals surface area contributed by atoms with Crippen LogP contribution in [0.4, 0.5) is 4.79 Å². The van der Waals surface area contributed by atoms with Gasteiger partial charge < -0.3 is 38.5 Å². The maximum atomic E-state index is 12.4. The van der Waals surface area contributed by atoms with Crippen LogP contribution in [0.2, 0.25) is 0 Å². The number of nitrogens with one attached hydrogen (secondary N) is 1. The molecule has 1 saturated heterocycles. The van der Waals surface area contributed by atoms with Gasteiger partial charge >= 0.3 is 12.1 Å². The Morgan fingerprint density at radius 3 is 2.03 bits per heavy atom. The van der Waals surface area contributed by atoms with Crippen molar-refractivity contribution < 1.29 is 42.7 Å². The number of hydrogen-bond acceptors (Lipinski definition) is 9. The van der Waals surface area contributed by atoms with E-state index in [1.165, 1.54) is 0 Å². The highest BCUT2D eigenvalue weighted by atomic mass is 16.7. The Labute approximate surface area is 207 Å². The van der Waals surface area contributed by atoms with Crippen molar-refractivity contribution in [1.29, 1.82) is 0 Å². The summed E-state index contributed by atoms with van der Waals surface area (Å²) in [4.78, 5) is 23.9. The third-order valence-electron chi connectivity index (χ3n) is 4.79. The van der Waals surface area contributed by atoms with Crippen LogP contribution < -0.4 is 5.32 Å². The molecular formula is C25H39NO9. The first kappa shape index (κ1) is 29.0. The largest absolute Gasteiger partial charge is 0.463 e. The van der Waals surface area contributed by atoms with Gasteiger partial charge in [0, 0.05) is 12.1 Å². The number of rotatable bonds is 14. The molecule has 35 heavy (non-hydrogen) atoms. The average Bonchev–Trinajstić information content (AvgIpc) is 2.81. The third kappa shape index (κ3) is 11.8. The summed E-state index contributed by atoms with van der Waals surface area (Å²) in [7, 11) is 0. The number of hydrogen-bond donors (Lipinski definition) is 1. The van der Waals surface area contributed by atoms with Gasteiger partial charge in [-0.2, -0.15) is 0 Å². The van der Waals surface area contributed by atoms with Crippen LogP contribution in [-0.2, 0) is 38.0 Å². The third-order valence-corrected chi connectivity index (χ3v) is 4.79. The van der Waals surface area contributed by atoms with Crippen LogP contribution in [-0.4, -0.2) is 83.7 Å². The minimum Gasteiger partial charge on any atom is -0.463 e. The van der Waals surface area contributed by atoms with Gasteiger partial charge in [-0.3, -0.25) is 4.79 Å². The van der Waals surface area contributed by atoms with Crippen molar-refractivity contribution in [2.24, 2.45) is 5.41 Å². The molecule has 1 N–H and O–H groups in total. The maximum Gasteiger partial charge on any atom is 0.407 e. The molecule has 0 atom stereocenters. The van der Waals surface area contributed by atoms with E-state index in [1.807, 2.05) is 30.3 Å². The highest BCUT2D eigenvalue weighted by molar-refractivity contribution is 5.76. The molecule has 1 aliphatic heterocycles. The van der Waals surface area contributed by atoms with Crippen molar-refractivity contribution in [2.45, 2.75) is 39.6 Å². The van der Waals surface area contributed by atoms with E-state index < -0.39 is 23.4 Å². The number of alkyl carbamates (subject to hydrolysis) is 1. The molecule has 1 fully saturated rings. The zero-order valence-electron chi connectivity index (χ0n) is 21.2. The van der Waals surface area contributed by atoms with Gasteiger partial charge in [0.25, 0.3) is 0 Å². The van der Waals surface area contributed by atoms with E-state index in [-0.39, 0.29) is 32.4 Å². The molecule has 1 aliphatic rings. The first-order valence-electron chi connectivity index (χ1n) is 11.9. The van der Waals surface area contributed by atoms with Gasteiger partial charge in [-0.05, 0) is 27.7 Å². The van der Waals surface area contributed by atoms with Crippen LogP contribution >= 0.6 is 0 Å². The average molecular weight is 498 g/mol. The van der Waals surface area contributed by atoms with Crippen LogP contribution in [0.15, 0.2) is 30.3 Å². The molecule has 10 heteroatoms. The van der Waals surface area contributed by atoms with E-state index in [4.69, 9.17) is 33.2 Å². The lowest BCUT2D eigenvalue weighted by atomic mass is 9.92. The summed E-state index contributed by atoms with van der Waals surface area (Å²) >= 11 is 0. The Bertz CT molecular complexity index is 743. The number of benzene rings is 1.